The molecule has 3 rings (SSSR count). The lowest BCUT2D eigenvalue weighted by atomic mass is 10.1. The van der Waals surface area contributed by atoms with Crippen LogP contribution in [0.5, 0.6) is 0 Å². The van der Waals surface area contributed by atoms with E-state index in [0.29, 0.717) is 5.56 Å². The zero-order chi connectivity index (χ0) is 17.1. The number of rotatable bonds is 3. The van der Waals surface area contributed by atoms with E-state index in [2.05, 4.69) is 51.1 Å². The first-order valence-corrected chi connectivity index (χ1v) is 8.93. The Labute approximate surface area is 151 Å². The molecular formula is C19H22BrN3O. The number of amides is 1. The number of hydrogen-bond acceptors (Lipinski definition) is 3. The zero-order valence-electron chi connectivity index (χ0n) is 14.1. The second kappa shape index (κ2) is 7.36. The lowest BCUT2D eigenvalue weighted by Gasteiger charge is -2.35. The van der Waals surface area contributed by atoms with Crippen LogP contribution in [0.25, 0.3) is 0 Å². The summed E-state index contributed by atoms with van der Waals surface area (Å²) in [5.41, 5.74) is 3.93. The molecule has 0 saturated carbocycles. The van der Waals surface area contributed by atoms with Crippen molar-refractivity contribution in [2.24, 2.45) is 0 Å². The largest absolute Gasteiger partial charge is 0.369 e. The molecule has 1 amide bonds. The third-order valence-electron chi connectivity index (χ3n) is 4.41. The van der Waals surface area contributed by atoms with Gasteiger partial charge in [-0.1, -0.05) is 15.9 Å². The van der Waals surface area contributed by atoms with Gasteiger partial charge in [-0.05, 0) is 62.0 Å². The summed E-state index contributed by atoms with van der Waals surface area (Å²) in [7, 11) is 2.16. The number of benzene rings is 2. The van der Waals surface area contributed by atoms with Crippen molar-refractivity contribution in [3.8, 4) is 0 Å². The number of carbonyl (C=O) groups excluding carboxylic acids is 1. The summed E-state index contributed by atoms with van der Waals surface area (Å²) in [5, 5.41) is 2.97. The predicted molar refractivity (Wildman–Crippen MR) is 103 cm³/mol. The van der Waals surface area contributed by atoms with Crippen LogP contribution in [-0.4, -0.2) is 44.0 Å². The zero-order valence-corrected chi connectivity index (χ0v) is 15.6. The molecule has 24 heavy (non-hydrogen) atoms. The Bertz CT molecular complexity index is 722. The molecule has 1 fully saturated rings. The van der Waals surface area contributed by atoms with Crippen LogP contribution < -0.4 is 10.2 Å². The topological polar surface area (TPSA) is 35.6 Å². The SMILES string of the molecule is Cc1cc(NC(=O)c2ccc(Br)cc2)ccc1N1CCN(C)CC1. The van der Waals surface area contributed by atoms with Crippen LogP contribution in [0.1, 0.15) is 15.9 Å². The second-order valence-electron chi connectivity index (χ2n) is 6.25. The monoisotopic (exact) mass is 387 g/mol. The molecule has 2 aromatic rings. The van der Waals surface area contributed by atoms with E-state index in [-0.39, 0.29) is 5.91 Å². The van der Waals surface area contributed by atoms with Gasteiger partial charge >= 0.3 is 0 Å². The van der Waals surface area contributed by atoms with Gasteiger partial charge in [0.1, 0.15) is 0 Å². The fourth-order valence-electron chi connectivity index (χ4n) is 2.94. The third kappa shape index (κ3) is 3.97. The Morgan fingerprint density at radius 3 is 2.33 bits per heavy atom. The summed E-state index contributed by atoms with van der Waals surface area (Å²) >= 11 is 3.38. The highest BCUT2D eigenvalue weighted by Crippen LogP contribution is 2.25. The van der Waals surface area contributed by atoms with Crippen molar-refractivity contribution in [3.63, 3.8) is 0 Å². The Balaban J connectivity index is 1.70. The molecule has 4 nitrogen and oxygen atoms in total. The maximum absolute atomic E-state index is 12.3. The average molecular weight is 388 g/mol. The van der Waals surface area contributed by atoms with Crippen molar-refractivity contribution in [2.75, 3.05) is 43.4 Å². The first-order chi connectivity index (χ1) is 11.5. The Hall–Kier alpha value is -1.85. The molecule has 1 aliphatic rings. The van der Waals surface area contributed by atoms with Gasteiger partial charge < -0.3 is 15.1 Å². The number of nitrogens with zero attached hydrogens (tertiary/aromatic N) is 2. The smallest absolute Gasteiger partial charge is 0.255 e. The van der Waals surface area contributed by atoms with Crippen LogP contribution in [0.3, 0.4) is 0 Å². The van der Waals surface area contributed by atoms with E-state index >= 15 is 0 Å². The van der Waals surface area contributed by atoms with Gasteiger partial charge in [-0.2, -0.15) is 0 Å². The van der Waals surface area contributed by atoms with Crippen molar-refractivity contribution in [3.05, 3.63) is 58.1 Å². The molecule has 1 heterocycles. The second-order valence-corrected chi connectivity index (χ2v) is 7.17. The molecule has 1 aliphatic heterocycles. The van der Waals surface area contributed by atoms with E-state index in [4.69, 9.17) is 0 Å². The van der Waals surface area contributed by atoms with E-state index in [1.807, 2.05) is 36.4 Å². The molecule has 0 aromatic heterocycles. The maximum Gasteiger partial charge on any atom is 0.255 e. The summed E-state index contributed by atoms with van der Waals surface area (Å²) in [5.74, 6) is -0.0887. The number of anilines is 2. The quantitative estimate of drug-likeness (QED) is 0.870. The van der Waals surface area contributed by atoms with Crippen LogP contribution in [0.4, 0.5) is 11.4 Å². The third-order valence-corrected chi connectivity index (χ3v) is 4.93. The van der Waals surface area contributed by atoms with Crippen molar-refractivity contribution < 1.29 is 4.79 Å². The summed E-state index contributed by atoms with van der Waals surface area (Å²) in [6, 6.07) is 13.5. The Morgan fingerprint density at radius 1 is 1.04 bits per heavy atom. The molecule has 1 saturated heterocycles. The van der Waals surface area contributed by atoms with Crippen molar-refractivity contribution in [1.82, 2.24) is 4.90 Å². The number of piperazine rings is 1. The van der Waals surface area contributed by atoms with Crippen molar-refractivity contribution in [1.29, 1.82) is 0 Å². The molecular weight excluding hydrogens is 366 g/mol. The average Bonchev–Trinajstić information content (AvgIpc) is 2.57. The van der Waals surface area contributed by atoms with Crippen LogP contribution >= 0.6 is 15.9 Å². The van der Waals surface area contributed by atoms with Crippen LogP contribution in [-0.2, 0) is 0 Å². The standard InChI is InChI=1S/C19H22BrN3O/c1-14-13-17(21-19(24)15-3-5-16(20)6-4-15)7-8-18(14)23-11-9-22(2)10-12-23/h3-8,13H,9-12H2,1-2H3,(H,21,24). The van der Waals surface area contributed by atoms with Gasteiger partial charge in [0, 0.05) is 47.6 Å². The summed E-state index contributed by atoms with van der Waals surface area (Å²) in [6.07, 6.45) is 0. The number of carbonyl (C=O) groups is 1. The number of likely N-dealkylation sites (N-methyl/N-ethyl adjacent to an activating group) is 1. The number of aryl methyl sites for hydroxylation is 1. The molecule has 0 bridgehead atoms. The maximum atomic E-state index is 12.3. The fourth-order valence-corrected chi connectivity index (χ4v) is 3.20. The molecule has 0 unspecified atom stereocenters. The predicted octanol–water partition coefficient (Wildman–Crippen LogP) is 3.76. The summed E-state index contributed by atoms with van der Waals surface area (Å²) < 4.78 is 0.964. The van der Waals surface area contributed by atoms with Gasteiger partial charge in [0.2, 0.25) is 0 Å². The van der Waals surface area contributed by atoms with E-state index in [9.17, 15) is 4.79 Å². The van der Waals surface area contributed by atoms with Gasteiger partial charge in [-0.25, -0.2) is 0 Å². The van der Waals surface area contributed by atoms with E-state index in [0.717, 1.165) is 36.3 Å². The van der Waals surface area contributed by atoms with Gasteiger partial charge in [0.25, 0.3) is 5.91 Å². The highest BCUT2D eigenvalue weighted by Gasteiger charge is 2.16. The molecule has 126 valence electrons. The molecule has 0 radical (unpaired) electrons. The molecule has 0 aliphatic carbocycles. The Kier molecular flexibility index (Phi) is 5.21. The van der Waals surface area contributed by atoms with Crippen LogP contribution in [0.2, 0.25) is 0 Å². The van der Waals surface area contributed by atoms with Crippen molar-refractivity contribution in [2.45, 2.75) is 6.92 Å². The highest BCUT2D eigenvalue weighted by atomic mass is 79.9. The highest BCUT2D eigenvalue weighted by molar-refractivity contribution is 9.10. The molecule has 0 spiro atoms. The minimum atomic E-state index is -0.0887. The van der Waals surface area contributed by atoms with Gasteiger partial charge in [0.15, 0.2) is 0 Å². The minimum Gasteiger partial charge on any atom is -0.369 e. The van der Waals surface area contributed by atoms with Crippen LogP contribution in [0, 0.1) is 6.92 Å². The van der Waals surface area contributed by atoms with Crippen molar-refractivity contribution >= 4 is 33.2 Å². The van der Waals surface area contributed by atoms with E-state index in [1.54, 1.807) is 0 Å². The molecule has 2 aromatic carbocycles. The van der Waals surface area contributed by atoms with Crippen LogP contribution in [0.15, 0.2) is 46.9 Å². The van der Waals surface area contributed by atoms with E-state index < -0.39 is 0 Å². The van der Waals surface area contributed by atoms with Gasteiger partial charge in [-0.15, -0.1) is 0 Å². The summed E-state index contributed by atoms with van der Waals surface area (Å²) in [4.78, 5) is 17.1. The number of nitrogens with one attached hydrogen (secondary N) is 1. The Morgan fingerprint density at radius 2 is 1.71 bits per heavy atom. The number of hydrogen-bond donors (Lipinski definition) is 1. The lowest BCUT2D eigenvalue weighted by molar-refractivity contribution is 0.102. The summed E-state index contributed by atoms with van der Waals surface area (Å²) in [6.45, 7) is 6.36. The molecule has 0 atom stereocenters. The number of halogens is 1. The normalized spacial score (nSPS) is 15.4. The van der Waals surface area contributed by atoms with E-state index in [1.165, 1.54) is 11.3 Å². The van der Waals surface area contributed by atoms with Gasteiger partial charge in [0.05, 0.1) is 0 Å². The fraction of sp³-hybridized carbons (Fsp3) is 0.316. The first kappa shape index (κ1) is 17.0. The first-order valence-electron chi connectivity index (χ1n) is 8.14. The molecule has 5 heteroatoms. The van der Waals surface area contributed by atoms with Gasteiger partial charge in [-0.3, -0.25) is 4.79 Å². The molecule has 1 N–H and O–H groups in total. The lowest BCUT2D eigenvalue weighted by Crippen LogP contribution is -2.44. The minimum absolute atomic E-state index is 0.0887.